The van der Waals surface area contributed by atoms with Crippen molar-refractivity contribution in [2.75, 3.05) is 26.3 Å². The van der Waals surface area contributed by atoms with E-state index in [4.69, 9.17) is 24.0 Å². The van der Waals surface area contributed by atoms with Gasteiger partial charge in [0.1, 0.15) is 66.9 Å². The molecule has 276 valence electrons. The third-order valence-corrected chi connectivity index (χ3v) is 11.6. The Hall–Kier alpha value is -3.47. The van der Waals surface area contributed by atoms with Crippen LogP contribution in [-0.4, -0.2) is 99.6 Å². The van der Waals surface area contributed by atoms with Gasteiger partial charge in [0, 0.05) is 30.8 Å². The Bertz CT molecular complexity index is 1810. The van der Waals surface area contributed by atoms with Gasteiger partial charge in [0.05, 0.1) is 23.0 Å². The van der Waals surface area contributed by atoms with Gasteiger partial charge in [0.15, 0.2) is 11.2 Å². The molecule has 5 heterocycles. The molecule has 1 aliphatic carbocycles. The second kappa shape index (κ2) is 14.2. The molecule has 1 aromatic heterocycles. The number of aliphatic hydroxyl groups is 5. The number of carbonyl (C=O) groups excluding carboxylic acids is 1. The van der Waals surface area contributed by atoms with Crippen LogP contribution in [-0.2, 0) is 21.0 Å². The molecule has 8 atom stereocenters. The minimum atomic E-state index is -1.82. The number of nitrogens with zero attached hydrogens (tertiary/aromatic N) is 1. The molecule has 0 bridgehead atoms. The van der Waals surface area contributed by atoms with E-state index in [0.717, 1.165) is 48.3 Å². The molecule has 5 aliphatic rings. The molecule has 1 aromatic carbocycles. The van der Waals surface area contributed by atoms with Crippen molar-refractivity contribution in [1.82, 2.24) is 5.32 Å². The summed E-state index contributed by atoms with van der Waals surface area (Å²) in [6, 6.07) is 3.22. The third-order valence-electron chi connectivity index (χ3n) is 11.6. The van der Waals surface area contributed by atoms with Gasteiger partial charge in [0.2, 0.25) is 17.2 Å². The van der Waals surface area contributed by atoms with Gasteiger partial charge in [-0.25, -0.2) is 9.78 Å². The van der Waals surface area contributed by atoms with Gasteiger partial charge in [-0.15, -0.1) is 0 Å². The van der Waals surface area contributed by atoms with Crippen LogP contribution < -0.4 is 20.4 Å². The second-order valence-corrected chi connectivity index (χ2v) is 15.0. The van der Waals surface area contributed by atoms with Crippen LogP contribution in [0.4, 0.5) is 5.69 Å². The minimum Gasteiger partial charge on any atom is -0.478 e. The monoisotopic (exact) mass is 710 g/mol. The lowest BCUT2D eigenvalue weighted by molar-refractivity contribution is -0.759. The number of rotatable bonds is 12. The van der Waals surface area contributed by atoms with Crippen molar-refractivity contribution in [3.05, 3.63) is 57.7 Å². The van der Waals surface area contributed by atoms with Crippen molar-refractivity contribution in [3.8, 4) is 5.75 Å². The van der Waals surface area contributed by atoms with Crippen molar-refractivity contribution in [1.29, 1.82) is 0 Å². The van der Waals surface area contributed by atoms with Gasteiger partial charge in [-0.2, -0.15) is 0 Å². The molecule has 1 saturated carbocycles. The van der Waals surface area contributed by atoms with Crippen molar-refractivity contribution in [2.45, 2.75) is 101 Å². The molecule has 1 spiro atoms. The van der Waals surface area contributed by atoms with Gasteiger partial charge in [-0.3, -0.25) is 19.5 Å². The summed E-state index contributed by atoms with van der Waals surface area (Å²) in [5.74, 6) is 1.26. The lowest BCUT2D eigenvalue weighted by Gasteiger charge is -2.43. The van der Waals surface area contributed by atoms with Crippen molar-refractivity contribution >= 4 is 28.3 Å². The number of aryl methyl sites for hydroxylation is 1. The molecule has 14 nitrogen and oxygen atoms in total. The summed E-state index contributed by atoms with van der Waals surface area (Å²) in [5.41, 5.74) is 2.10. The Morgan fingerprint density at radius 3 is 2.61 bits per heavy atom. The van der Waals surface area contributed by atoms with Crippen LogP contribution in [0.25, 0.3) is 11.0 Å². The number of nitrogens with one attached hydrogen (secondary N) is 2. The Balaban J connectivity index is 1.22. The molecule has 2 fully saturated rings. The summed E-state index contributed by atoms with van der Waals surface area (Å²) in [4.78, 5) is 43.5. The zero-order valence-corrected chi connectivity index (χ0v) is 29.0. The number of benzene rings is 1. The fraction of sp³-hybridized carbons (Fsp3) is 0.595. The van der Waals surface area contributed by atoms with E-state index in [-0.39, 0.29) is 23.7 Å². The lowest BCUT2D eigenvalue weighted by atomic mass is 9.65. The van der Waals surface area contributed by atoms with Crippen molar-refractivity contribution < 1.29 is 54.2 Å². The van der Waals surface area contributed by atoms with Crippen LogP contribution in [0.2, 0.25) is 0 Å². The number of carbonyl (C=O) groups is 1. The average Bonchev–Trinajstić information content (AvgIpc) is 3.81. The predicted octanol–water partition coefficient (Wildman–Crippen LogP) is 0.407. The molecule has 7 rings (SSSR count). The van der Waals surface area contributed by atoms with E-state index < -0.39 is 54.7 Å². The first kappa shape index (κ1) is 35.9. The van der Waals surface area contributed by atoms with Crippen LogP contribution in [0.1, 0.15) is 63.2 Å². The smallest absolute Gasteiger partial charge is 0.226 e. The SMILES string of the molecule is Cc1cc(=O)c2cc3c(c([NH+]4C=C5C=CN=C5C4)c2o1)O[C@](C)(CC[C@@H]1CNC(=O)C12CCCCC2)[C@H](OOC[C@H](O)[C@@H](O)[C@H](O)[C@H](O)CO)C3. The first-order valence-corrected chi connectivity index (χ1v) is 17.9. The van der Waals surface area contributed by atoms with Crippen LogP contribution in [0, 0.1) is 18.3 Å². The van der Waals surface area contributed by atoms with Gasteiger partial charge in [-0.1, -0.05) is 19.3 Å². The van der Waals surface area contributed by atoms with E-state index in [1.54, 1.807) is 19.2 Å². The van der Waals surface area contributed by atoms with Gasteiger partial charge >= 0.3 is 0 Å². The highest BCUT2D eigenvalue weighted by Crippen LogP contribution is 2.50. The molecular formula is C37H48N3O11+. The fourth-order valence-corrected chi connectivity index (χ4v) is 8.59. The van der Waals surface area contributed by atoms with Crippen LogP contribution in [0.5, 0.6) is 5.75 Å². The normalized spacial score (nSPS) is 28.8. The Kier molecular flexibility index (Phi) is 9.97. The maximum Gasteiger partial charge on any atom is 0.226 e. The number of aliphatic imine (C=N–C) groups is 1. The Morgan fingerprint density at radius 2 is 1.86 bits per heavy atom. The maximum atomic E-state index is 13.4. The van der Waals surface area contributed by atoms with Crippen molar-refractivity contribution in [3.63, 3.8) is 0 Å². The number of aliphatic hydroxyl groups excluding tert-OH is 5. The average molecular weight is 711 g/mol. The zero-order chi connectivity index (χ0) is 36.1. The second-order valence-electron chi connectivity index (χ2n) is 15.0. The maximum absolute atomic E-state index is 13.4. The summed E-state index contributed by atoms with van der Waals surface area (Å²) in [5, 5.41) is 53.3. The summed E-state index contributed by atoms with van der Waals surface area (Å²) in [6.45, 7) is 3.41. The van der Waals surface area contributed by atoms with E-state index in [9.17, 15) is 30.0 Å². The third kappa shape index (κ3) is 6.57. The standard InChI is InChI=1S/C37H47N3O11/c1-20-12-26(42)24-13-22-14-29(51-48-19-28(44)32(46)31(45)27(43)18-41)36(2,10-6-23-15-39-35(47)37(23)8-4-3-5-9-37)50-33(22)30(34(24)49-20)40-16-21-7-11-38-25(21)17-40/h7,11-13,16,23,27-29,31-32,41,43-46H,3-6,8-10,14-15,17-19H2,1-2H3,(H,39,47)/p+1/t23-,27-,28+,29-,31-,32-,36-/m1/s1. The molecule has 0 radical (unpaired) electrons. The summed E-state index contributed by atoms with van der Waals surface area (Å²) >= 11 is 0. The Morgan fingerprint density at radius 1 is 1.10 bits per heavy atom. The molecule has 14 heteroatoms. The molecule has 2 aromatic rings. The number of hydrogen-bond acceptors (Lipinski definition) is 12. The largest absolute Gasteiger partial charge is 0.478 e. The number of amides is 1. The first-order valence-electron chi connectivity index (χ1n) is 17.9. The number of ether oxygens (including phenoxy) is 1. The predicted molar refractivity (Wildman–Crippen MR) is 183 cm³/mol. The molecule has 1 amide bonds. The highest BCUT2D eigenvalue weighted by Gasteiger charge is 2.52. The van der Waals surface area contributed by atoms with Gasteiger partial charge < -0.3 is 40.0 Å². The molecule has 51 heavy (non-hydrogen) atoms. The lowest BCUT2D eigenvalue weighted by Crippen LogP contribution is -3.01. The summed E-state index contributed by atoms with van der Waals surface area (Å²) in [7, 11) is 0. The highest BCUT2D eigenvalue weighted by molar-refractivity contribution is 6.07. The Labute approximate surface area is 294 Å². The van der Waals surface area contributed by atoms with Gasteiger partial charge in [0.25, 0.3) is 0 Å². The molecule has 7 N–H and O–H groups in total. The molecular weight excluding hydrogens is 662 g/mol. The quantitative estimate of drug-likeness (QED) is 0.119. The van der Waals surface area contributed by atoms with E-state index in [1.807, 2.05) is 19.2 Å². The minimum absolute atomic E-state index is 0.0972. The van der Waals surface area contributed by atoms with E-state index >= 15 is 0 Å². The van der Waals surface area contributed by atoms with E-state index in [1.165, 1.54) is 6.07 Å². The van der Waals surface area contributed by atoms with Crippen molar-refractivity contribution in [2.24, 2.45) is 16.3 Å². The fourth-order valence-electron chi connectivity index (χ4n) is 8.59. The number of hydrogen-bond donors (Lipinski definition) is 7. The first-order chi connectivity index (χ1) is 24.4. The van der Waals surface area contributed by atoms with E-state index in [0.29, 0.717) is 59.7 Å². The number of quaternary nitrogens is 1. The van der Waals surface area contributed by atoms with Gasteiger partial charge in [-0.05, 0) is 57.6 Å². The number of fused-ring (bicyclic) bond motifs is 3. The topological polar surface area (TPSA) is 205 Å². The summed E-state index contributed by atoms with van der Waals surface area (Å²) in [6.07, 6.45) is 4.28. The molecule has 4 aliphatic heterocycles. The van der Waals surface area contributed by atoms with E-state index in [2.05, 4.69) is 10.3 Å². The van der Waals surface area contributed by atoms with Crippen LogP contribution in [0.15, 0.2) is 50.4 Å². The van der Waals surface area contributed by atoms with Crippen LogP contribution >= 0.6 is 0 Å². The molecule has 1 saturated heterocycles. The highest BCUT2D eigenvalue weighted by atomic mass is 17.2. The molecule has 1 unspecified atom stereocenters. The summed E-state index contributed by atoms with van der Waals surface area (Å²) < 4.78 is 13.3. The van der Waals surface area contributed by atoms with Crippen LogP contribution in [0.3, 0.4) is 0 Å². The zero-order valence-electron chi connectivity index (χ0n) is 29.0. The number of allylic oxidation sites excluding steroid dienone is 1.